The highest BCUT2D eigenvalue weighted by Crippen LogP contribution is 2.15. The largest absolute Gasteiger partial charge is 0.377 e. The minimum absolute atomic E-state index is 0.0207. The Kier molecular flexibility index (Phi) is 6.18. The molecule has 1 heterocycles. The van der Waals surface area contributed by atoms with Gasteiger partial charge in [0.25, 0.3) is 0 Å². The van der Waals surface area contributed by atoms with Crippen LogP contribution in [0.15, 0.2) is 16.8 Å². The standard InChI is InChI=1S/C12H20N2O2S/c1-3-16-11(7-13)6-12(15)14-9(2)10-4-5-17-8-10/h4-5,8-9,11H,3,6-7,13H2,1-2H3,(H,14,15). The van der Waals surface area contributed by atoms with Crippen molar-refractivity contribution in [2.75, 3.05) is 13.2 Å². The zero-order chi connectivity index (χ0) is 12.7. The van der Waals surface area contributed by atoms with Gasteiger partial charge in [0.05, 0.1) is 18.6 Å². The van der Waals surface area contributed by atoms with Crippen LogP contribution in [-0.4, -0.2) is 25.2 Å². The summed E-state index contributed by atoms with van der Waals surface area (Å²) in [4.78, 5) is 11.7. The second-order valence-corrected chi connectivity index (χ2v) is 4.64. The van der Waals surface area contributed by atoms with E-state index < -0.39 is 0 Å². The van der Waals surface area contributed by atoms with E-state index in [1.54, 1.807) is 11.3 Å². The lowest BCUT2D eigenvalue weighted by molar-refractivity contribution is -0.124. The van der Waals surface area contributed by atoms with Crippen LogP contribution in [0.1, 0.15) is 31.9 Å². The Morgan fingerprint density at radius 3 is 2.94 bits per heavy atom. The molecule has 2 atom stereocenters. The molecule has 0 saturated heterocycles. The van der Waals surface area contributed by atoms with E-state index in [0.717, 1.165) is 5.56 Å². The first-order valence-corrected chi connectivity index (χ1v) is 6.74. The van der Waals surface area contributed by atoms with E-state index in [2.05, 4.69) is 5.32 Å². The number of thiophene rings is 1. The molecule has 0 aliphatic rings. The van der Waals surface area contributed by atoms with Crippen LogP contribution in [0.2, 0.25) is 0 Å². The van der Waals surface area contributed by atoms with Crippen LogP contribution in [-0.2, 0) is 9.53 Å². The van der Waals surface area contributed by atoms with Gasteiger partial charge in [-0.25, -0.2) is 0 Å². The van der Waals surface area contributed by atoms with Gasteiger partial charge in [0.2, 0.25) is 5.91 Å². The summed E-state index contributed by atoms with van der Waals surface area (Å²) < 4.78 is 5.35. The molecule has 1 rings (SSSR count). The second kappa shape index (κ2) is 7.42. The number of amides is 1. The van der Waals surface area contributed by atoms with Gasteiger partial charge in [0, 0.05) is 13.2 Å². The topological polar surface area (TPSA) is 64.3 Å². The van der Waals surface area contributed by atoms with Gasteiger partial charge in [0.15, 0.2) is 0 Å². The van der Waals surface area contributed by atoms with E-state index in [1.165, 1.54) is 0 Å². The average molecular weight is 256 g/mol. The maximum atomic E-state index is 11.7. The highest BCUT2D eigenvalue weighted by molar-refractivity contribution is 7.07. The Balaban J connectivity index is 2.38. The molecule has 2 unspecified atom stereocenters. The lowest BCUT2D eigenvalue weighted by atomic mass is 10.1. The van der Waals surface area contributed by atoms with E-state index in [9.17, 15) is 4.79 Å². The first kappa shape index (κ1) is 14.2. The van der Waals surface area contributed by atoms with Crippen LogP contribution < -0.4 is 11.1 Å². The lowest BCUT2D eigenvalue weighted by Gasteiger charge is -2.17. The molecule has 0 aromatic carbocycles. The van der Waals surface area contributed by atoms with Gasteiger partial charge in [-0.3, -0.25) is 4.79 Å². The number of carbonyl (C=O) groups is 1. The molecule has 17 heavy (non-hydrogen) atoms. The molecule has 0 radical (unpaired) electrons. The van der Waals surface area contributed by atoms with Crippen molar-refractivity contribution in [3.63, 3.8) is 0 Å². The summed E-state index contributed by atoms with van der Waals surface area (Å²) in [6, 6.07) is 2.05. The number of ether oxygens (including phenoxy) is 1. The molecule has 0 spiro atoms. The van der Waals surface area contributed by atoms with Crippen molar-refractivity contribution in [2.45, 2.75) is 32.4 Å². The molecule has 0 bridgehead atoms. The van der Waals surface area contributed by atoms with Crippen molar-refractivity contribution in [1.29, 1.82) is 0 Å². The van der Waals surface area contributed by atoms with Gasteiger partial charge in [-0.15, -0.1) is 0 Å². The Morgan fingerprint density at radius 1 is 1.65 bits per heavy atom. The van der Waals surface area contributed by atoms with Crippen LogP contribution in [0.25, 0.3) is 0 Å². The van der Waals surface area contributed by atoms with Crippen LogP contribution in [0, 0.1) is 0 Å². The first-order chi connectivity index (χ1) is 8.17. The van der Waals surface area contributed by atoms with Crippen molar-refractivity contribution in [3.05, 3.63) is 22.4 Å². The fraction of sp³-hybridized carbons (Fsp3) is 0.583. The molecule has 0 aliphatic carbocycles. The van der Waals surface area contributed by atoms with Crippen LogP contribution in [0.5, 0.6) is 0 Å². The minimum Gasteiger partial charge on any atom is -0.377 e. The van der Waals surface area contributed by atoms with Gasteiger partial charge in [0.1, 0.15) is 0 Å². The SMILES string of the molecule is CCOC(CN)CC(=O)NC(C)c1ccsc1. The zero-order valence-electron chi connectivity index (χ0n) is 10.3. The highest BCUT2D eigenvalue weighted by Gasteiger charge is 2.15. The number of hydrogen-bond acceptors (Lipinski definition) is 4. The quantitative estimate of drug-likeness (QED) is 0.780. The molecule has 96 valence electrons. The van der Waals surface area contributed by atoms with Crippen LogP contribution >= 0.6 is 11.3 Å². The number of rotatable bonds is 7. The molecule has 0 fully saturated rings. The average Bonchev–Trinajstić information content (AvgIpc) is 2.81. The Hall–Kier alpha value is -0.910. The summed E-state index contributed by atoms with van der Waals surface area (Å²) in [5, 5.41) is 6.97. The van der Waals surface area contributed by atoms with Gasteiger partial charge in [-0.2, -0.15) is 11.3 Å². The van der Waals surface area contributed by atoms with Gasteiger partial charge in [-0.05, 0) is 36.2 Å². The smallest absolute Gasteiger partial charge is 0.223 e. The maximum Gasteiger partial charge on any atom is 0.223 e. The summed E-state index contributed by atoms with van der Waals surface area (Å²) in [6.45, 7) is 4.82. The van der Waals surface area contributed by atoms with Gasteiger partial charge in [-0.1, -0.05) is 0 Å². The Labute approximate surface area is 106 Å². The molecule has 1 aromatic rings. The molecular formula is C12H20N2O2S. The third-order valence-corrected chi connectivity index (χ3v) is 3.20. The first-order valence-electron chi connectivity index (χ1n) is 5.80. The molecular weight excluding hydrogens is 236 g/mol. The maximum absolute atomic E-state index is 11.7. The van der Waals surface area contributed by atoms with Crippen molar-refractivity contribution in [3.8, 4) is 0 Å². The summed E-state index contributed by atoms with van der Waals surface area (Å²) in [5.41, 5.74) is 6.66. The van der Waals surface area contributed by atoms with E-state index >= 15 is 0 Å². The summed E-state index contributed by atoms with van der Waals surface area (Å²) in [7, 11) is 0. The van der Waals surface area contributed by atoms with Crippen molar-refractivity contribution < 1.29 is 9.53 Å². The van der Waals surface area contributed by atoms with Gasteiger partial charge >= 0.3 is 0 Å². The molecule has 4 nitrogen and oxygen atoms in total. The zero-order valence-corrected chi connectivity index (χ0v) is 11.1. The summed E-state index contributed by atoms with van der Waals surface area (Å²) in [5.74, 6) is -0.0207. The lowest BCUT2D eigenvalue weighted by Crippen LogP contribution is -2.34. The highest BCUT2D eigenvalue weighted by atomic mass is 32.1. The van der Waals surface area contributed by atoms with E-state index in [4.69, 9.17) is 10.5 Å². The Bertz CT molecular complexity index is 327. The monoisotopic (exact) mass is 256 g/mol. The summed E-state index contributed by atoms with van der Waals surface area (Å²) in [6.07, 6.45) is 0.133. The van der Waals surface area contributed by atoms with E-state index in [1.807, 2.05) is 30.7 Å². The van der Waals surface area contributed by atoms with E-state index in [0.29, 0.717) is 19.6 Å². The number of carbonyl (C=O) groups excluding carboxylic acids is 1. The Morgan fingerprint density at radius 2 is 2.41 bits per heavy atom. The summed E-state index contributed by atoms with van der Waals surface area (Å²) >= 11 is 1.63. The normalized spacial score (nSPS) is 14.3. The number of hydrogen-bond donors (Lipinski definition) is 2. The van der Waals surface area contributed by atoms with Crippen LogP contribution in [0.4, 0.5) is 0 Å². The molecule has 1 amide bonds. The van der Waals surface area contributed by atoms with Gasteiger partial charge < -0.3 is 15.8 Å². The third-order valence-electron chi connectivity index (χ3n) is 2.50. The third kappa shape index (κ3) is 4.85. The second-order valence-electron chi connectivity index (χ2n) is 3.86. The van der Waals surface area contributed by atoms with Crippen molar-refractivity contribution >= 4 is 17.2 Å². The number of nitrogens with one attached hydrogen (secondary N) is 1. The molecule has 3 N–H and O–H groups in total. The van der Waals surface area contributed by atoms with Crippen molar-refractivity contribution in [1.82, 2.24) is 5.32 Å². The molecule has 5 heteroatoms. The predicted octanol–water partition coefficient (Wildman–Crippen LogP) is 1.68. The fourth-order valence-corrected chi connectivity index (χ4v) is 2.31. The van der Waals surface area contributed by atoms with Crippen LogP contribution in [0.3, 0.4) is 0 Å². The van der Waals surface area contributed by atoms with Crippen molar-refractivity contribution in [2.24, 2.45) is 5.73 Å². The molecule has 0 aliphatic heterocycles. The predicted molar refractivity (Wildman–Crippen MR) is 70.0 cm³/mol. The molecule has 0 saturated carbocycles. The van der Waals surface area contributed by atoms with E-state index in [-0.39, 0.29) is 18.1 Å². The fourth-order valence-electron chi connectivity index (χ4n) is 1.56. The molecule has 1 aromatic heterocycles. The minimum atomic E-state index is -0.185. The number of nitrogens with two attached hydrogens (primary N) is 1.